The van der Waals surface area contributed by atoms with Crippen molar-refractivity contribution >= 4 is 11.0 Å². The van der Waals surface area contributed by atoms with Crippen LogP contribution in [0.1, 0.15) is 53.4 Å². The Hall–Kier alpha value is -1.85. The second-order valence-electron chi connectivity index (χ2n) is 10.1. The second kappa shape index (κ2) is 6.85. The molecule has 0 spiro atoms. The van der Waals surface area contributed by atoms with Gasteiger partial charge in [-0.25, -0.2) is 4.79 Å². The molecule has 0 radical (unpaired) electrons. The minimum absolute atomic E-state index is 0.0565. The molecular formula is C24H32O5. The van der Waals surface area contributed by atoms with Gasteiger partial charge >= 0.3 is 5.63 Å². The zero-order valence-electron chi connectivity index (χ0n) is 17.8. The van der Waals surface area contributed by atoms with Gasteiger partial charge in [-0.1, -0.05) is 20.8 Å². The van der Waals surface area contributed by atoms with Gasteiger partial charge < -0.3 is 19.4 Å². The maximum Gasteiger partial charge on any atom is 0.336 e. The third kappa shape index (κ3) is 3.38. The summed E-state index contributed by atoms with van der Waals surface area (Å²) in [4.78, 5) is 11.5. The highest BCUT2D eigenvalue weighted by Crippen LogP contribution is 2.61. The topological polar surface area (TPSA) is 79.9 Å². The van der Waals surface area contributed by atoms with E-state index in [1.165, 1.54) is 6.07 Å². The van der Waals surface area contributed by atoms with Crippen molar-refractivity contribution in [2.45, 2.75) is 65.1 Å². The van der Waals surface area contributed by atoms with E-state index in [9.17, 15) is 15.0 Å². The molecule has 158 valence electrons. The van der Waals surface area contributed by atoms with Crippen molar-refractivity contribution in [2.24, 2.45) is 22.7 Å². The maximum absolute atomic E-state index is 11.5. The molecule has 2 unspecified atom stereocenters. The third-order valence-corrected chi connectivity index (χ3v) is 8.01. The number of ether oxygens (including phenoxy) is 1. The Morgan fingerprint density at radius 2 is 1.83 bits per heavy atom. The molecule has 2 aromatic rings. The van der Waals surface area contributed by atoms with Crippen LogP contribution in [0.3, 0.4) is 0 Å². The first kappa shape index (κ1) is 20.4. The summed E-state index contributed by atoms with van der Waals surface area (Å²) in [5.74, 6) is 0.893. The van der Waals surface area contributed by atoms with Crippen LogP contribution in [0.4, 0.5) is 0 Å². The summed E-state index contributed by atoms with van der Waals surface area (Å²) in [6.07, 6.45) is 2.91. The Balaban J connectivity index is 1.61. The van der Waals surface area contributed by atoms with E-state index in [2.05, 4.69) is 20.8 Å². The zero-order chi connectivity index (χ0) is 21.0. The number of aliphatic hydroxyl groups excluding tert-OH is 1. The molecule has 0 saturated heterocycles. The van der Waals surface area contributed by atoms with E-state index in [0.717, 1.165) is 24.6 Å². The summed E-state index contributed by atoms with van der Waals surface area (Å²) in [5, 5.41) is 22.7. The number of fused-ring (bicyclic) bond motifs is 2. The molecule has 5 atom stereocenters. The van der Waals surface area contributed by atoms with Gasteiger partial charge in [-0.3, -0.25) is 0 Å². The largest absolute Gasteiger partial charge is 0.493 e. The van der Waals surface area contributed by atoms with Gasteiger partial charge in [-0.15, -0.1) is 0 Å². The van der Waals surface area contributed by atoms with Gasteiger partial charge in [0.05, 0.1) is 18.3 Å². The number of hydrogen-bond acceptors (Lipinski definition) is 5. The Morgan fingerprint density at radius 3 is 2.59 bits per heavy atom. The molecule has 5 nitrogen and oxygen atoms in total. The van der Waals surface area contributed by atoms with Crippen LogP contribution in [0.15, 0.2) is 39.5 Å². The Labute approximate surface area is 171 Å². The van der Waals surface area contributed by atoms with Crippen LogP contribution in [0.5, 0.6) is 5.75 Å². The monoisotopic (exact) mass is 400 g/mol. The molecule has 1 aromatic heterocycles. The smallest absolute Gasteiger partial charge is 0.336 e. The van der Waals surface area contributed by atoms with E-state index in [1.54, 1.807) is 12.1 Å². The maximum atomic E-state index is 11.5. The zero-order valence-corrected chi connectivity index (χ0v) is 17.8. The van der Waals surface area contributed by atoms with Gasteiger partial charge in [0, 0.05) is 23.4 Å². The van der Waals surface area contributed by atoms with Crippen molar-refractivity contribution in [3.05, 3.63) is 40.8 Å². The summed E-state index contributed by atoms with van der Waals surface area (Å²) < 4.78 is 11.4. The standard InChI is InChI=1S/C24H32O5/c1-22(2)18-9-12-24(4,27)19(23(18,3)11-10-20(22)25)14-28-16-7-5-15-6-8-21(26)29-17(15)13-16/h5-8,13,18-20,25,27H,9-12,14H2,1-4H3/t18-,19?,20-,23?,24-/m0/s1. The van der Waals surface area contributed by atoms with Crippen LogP contribution in [0.25, 0.3) is 11.0 Å². The van der Waals surface area contributed by atoms with Crippen molar-refractivity contribution in [2.75, 3.05) is 6.61 Å². The fourth-order valence-corrected chi connectivity index (χ4v) is 6.20. The van der Waals surface area contributed by atoms with Gasteiger partial charge in [0.25, 0.3) is 0 Å². The number of benzene rings is 1. The molecule has 1 aromatic carbocycles. The Kier molecular flexibility index (Phi) is 4.82. The van der Waals surface area contributed by atoms with Crippen LogP contribution in [0, 0.1) is 22.7 Å². The van der Waals surface area contributed by atoms with E-state index >= 15 is 0 Å². The molecule has 0 bridgehead atoms. The van der Waals surface area contributed by atoms with E-state index in [0.29, 0.717) is 30.3 Å². The Bertz CT molecular complexity index is 959. The van der Waals surface area contributed by atoms with Gasteiger partial charge in [0.2, 0.25) is 0 Å². The lowest BCUT2D eigenvalue weighted by Gasteiger charge is -2.62. The lowest BCUT2D eigenvalue weighted by molar-refractivity contribution is -0.201. The summed E-state index contributed by atoms with van der Waals surface area (Å²) in [5.41, 5.74) is -1.02. The van der Waals surface area contributed by atoms with E-state index in [1.807, 2.05) is 19.1 Å². The summed E-state index contributed by atoms with van der Waals surface area (Å²) >= 11 is 0. The number of aliphatic hydroxyl groups is 2. The fraction of sp³-hybridized carbons (Fsp3) is 0.625. The lowest BCUT2D eigenvalue weighted by Crippen LogP contribution is -2.61. The predicted molar refractivity (Wildman–Crippen MR) is 112 cm³/mol. The number of hydrogen-bond donors (Lipinski definition) is 2. The van der Waals surface area contributed by atoms with Crippen molar-refractivity contribution in [3.8, 4) is 5.75 Å². The third-order valence-electron chi connectivity index (χ3n) is 8.01. The summed E-state index contributed by atoms with van der Waals surface area (Å²) in [6, 6.07) is 8.62. The first-order valence-corrected chi connectivity index (χ1v) is 10.6. The second-order valence-corrected chi connectivity index (χ2v) is 10.1. The molecule has 2 aliphatic rings. The fourth-order valence-electron chi connectivity index (χ4n) is 6.20. The molecule has 2 N–H and O–H groups in total. The van der Waals surface area contributed by atoms with Gasteiger partial charge in [0.15, 0.2) is 0 Å². The number of rotatable bonds is 3. The van der Waals surface area contributed by atoms with Crippen LogP contribution in [-0.2, 0) is 0 Å². The highest BCUT2D eigenvalue weighted by atomic mass is 16.5. The highest BCUT2D eigenvalue weighted by Gasteiger charge is 2.60. The van der Waals surface area contributed by atoms with E-state index < -0.39 is 5.60 Å². The minimum atomic E-state index is -0.826. The summed E-state index contributed by atoms with van der Waals surface area (Å²) in [7, 11) is 0. The molecule has 2 saturated carbocycles. The molecule has 4 rings (SSSR count). The molecule has 0 aliphatic heterocycles. The van der Waals surface area contributed by atoms with Gasteiger partial charge in [-0.2, -0.15) is 0 Å². The Morgan fingerprint density at radius 1 is 1.10 bits per heavy atom. The van der Waals surface area contributed by atoms with Gasteiger partial charge in [0.1, 0.15) is 11.3 Å². The van der Waals surface area contributed by atoms with Crippen molar-refractivity contribution in [1.82, 2.24) is 0 Å². The van der Waals surface area contributed by atoms with E-state index in [4.69, 9.17) is 9.15 Å². The molecule has 0 amide bonds. The average Bonchev–Trinajstić information content (AvgIpc) is 2.64. The quantitative estimate of drug-likeness (QED) is 0.757. The molecule has 29 heavy (non-hydrogen) atoms. The van der Waals surface area contributed by atoms with Gasteiger partial charge in [-0.05, 0) is 67.6 Å². The summed E-state index contributed by atoms with van der Waals surface area (Å²) in [6.45, 7) is 8.87. The SMILES string of the molecule is CC12CC[C@H](O)C(C)(C)[C@@H]1CC[C@](C)(O)C2COc1ccc2ccc(=O)oc2c1. The average molecular weight is 401 g/mol. The van der Waals surface area contributed by atoms with Crippen LogP contribution in [0.2, 0.25) is 0 Å². The van der Waals surface area contributed by atoms with Crippen LogP contribution >= 0.6 is 0 Å². The predicted octanol–water partition coefficient (Wildman–Crippen LogP) is 4.14. The van der Waals surface area contributed by atoms with Crippen molar-refractivity contribution in [3.63, 3.8) is 0 Å². The molecule has 2 aliphatic carbocycles. The van der Waals surface area contributed by atoms with Crippen molar-refractivity contribution < 1.29 is 19.4 Å². The first-order chi connectivity index (χ1) is 13.5. The molecular weight excluding hydrogens is 368 g/mol. The van der Waals surface area contributed by atoms with Crippen molar-refractivity contribution in [1.29, 1.82) is 0 Å². The lowest BCUT2D eigenvalue weighted by atomic mass is 9.45. The molecule has 5 heteroatoms. The molecule has 2 fully saturated rings. The van der Waals surface area contributed by atoms with Crippen LogP contribution in [-0.4, -0.2) is 28.5 Å². The van der Waals surface area contributed by atoms with Crippen LogP contribution < -0.4 is 10.4 Å². The minimum Gasteiger partial charge on any atom is -0.493 e. The first-order valence-electron chi connectivity index (χ1n) is 10.6. The molecule has 1 heterocycles. The van der Waals surface area contributed by atoms with E-state index in [-0.39, 0.29) is 28.5 Å². The highest BCUT2D eigenvalue weighted by molar-refractivity contribution is 5.77. The normalized spacial score (nSPS) is 36.6.